The van der Waals surface area contributed by atoms with Crippen molar-refractivity contribution in [2.24, 2.45) is 0 Å². The highest BCUT2D eigenvalue weighted by Crippen LogP contribution is 2.39. The van der Waals surface area contributed by atoms with Crippen LogP contribution >= 0.6 is 0 Å². The van der Waals surface area contributed by atoms with Crippen molar-refractivity contribution in [1.82, 2.24) is 29.8 Å². The first-order valence-electron chi connectivity index (χ1n) is 12.1. The lowest BCUT2D eigenvalue weighted by molar-refractivity contribution is -0.0139. The number of fused-ring (bicyclic) bond motifs is 3. The smallest absolute Gasteiger partial charge is 0.251 e. The monoisotopic (exact) mass is 466 g/mol. The molecule has 2 aromatic heterocycles. The van der Waals surface area contributed by atoms with Gasteiger partial charge in [0.25, 0.3) is 5.91 Å². The zero-order chi connectivity index (χ0) is 23.7. The molecule has 2 fully saturated rings. The Bertz CT molecular complexity index is 1480. The minimum Gasteiger partial charge on any atom is -0.364 e. The first-order chi connectivity index (χ1) is 17.1. The van der Waals surface area contributed by atoms with Crippen molar-refractivity contribution in [1.29, 1.82) is 0 Å². The van der Waals surface area contributed by atoms with Crippen molar-refractivity contribution in [3.05, 3.63) is 66.1 Å². The Hall–Kier alpha value is -3.98. The summed E-state index contributed by atoms with van der Waals surface area (Å²) in [4.78, 5) is 26.1. The van der Waals surface area contributed by atoms with Crippen LogP contribution in [0.2, 0.25) is 0 Å². The molecule has 0 aliphatic carbocycles. The number of carbonyl (C=O) groups is 1. The van der Waals surface area contributed by atoms with Gasteiger partial charge in [-0.05, 0) is 49.7 Å². The minimum absolute atomic E-state index is 0.0272. The second-order valence-corrected chi connectivity index (χ2v) is 9.80. The molecule has 4 aromatic rings. The number of amides is 1. The summed E-state index contributed by atoms with van der Waals surface area (Å²) in [6.45, 7) is 7.30. The number of aromatic nitrogens is 4. The van der Waals surface area contributed by atoms with E-state index in [4.69, 9.17) is 4.98 Å². The fraction of sp³-hybridized carbons (Fsp3) is 0.308. The van der Waals surface area contributed by atoms with Gasteiger partial charge in [0.1, 0.15) is 6.33 Å². The average molecular weight is 467 g/mol. The number of anilines is 3. The third-order valence-corrected chi connectivity index (χ3v) is 7.54. The Morgan fingerprint density at radius 3 is 2.83 bits per heavy atom. The SMILES string of the molecule is CC(C)N1CC2[C@H]1CN2c1cccc(Nc2ncc(-c3ccc4c(c3)CNC4=O)n3ncnc23)c1. The second kappa shape index (κ2) is 7.51. The van der Waals surface area contributed by atoms with Gasteiger partial charge >= 0.3 is 0 Å². The molecule has 9 nitrogen and oxygen atoms in total. The van der Waals surface area contributed by atoms with Crippen molar-refractivity contribution in [2.75, 3.05) is 23.3 Å². The van der Waals surface area contributed by atoms with Crippen molar-refractivity contribution >= 4 is 28.7 Å². The van der Waals surface area contributed by atoms with Crippen LogP contribution in [0.3, 0.4) is 0 Å². The van der Waals surface area contributed by atoms with E-state index in [1.54, 1.807) is 10.7 Å². The van der Waals surface area contributed by atoms with Crippen LogP contribution in [0.25, 0.3) is 16.9 Å². The molecule has 35 heavy (non-hydrogen) atoms. The molecule has 9 heteroatoms. The summed E-state index contributed by atoms with van der Waals surface area (Å²) in [5.74, 6) is 0.623. The summed E-state index contributed by atoms with van der Waals surface area (Å²) >= 11 is 0. The summed E-state index contributed by atoms with van der Waals surface area (Å²) in [5.41, 5.74) is 6.33. The third-order valence-electron chi connectivity index (χ3n) is 7.54. The summed E-state index contributed by atoms with van der Waals surface area (Å²) < 4.78 is 1.79. The van der Waals surface area contributed by atoms with E-state index in [2.05, 4.69) is 68.6 Å². The fourth-order valence-corrected chi connectivity index (χ4v) is 5.57. The first-order valence-corrected chi connectivity index (χ1v) is 12.1. The Kier molecular flexibility index (Phi) is 4.38. The standard InChI is InChI=1S/C26H26N8O/c1-15(2)32-12-23-22(32)13-33(23)19-5-3-4-18(9-19)31-24-25-29-14-30-34(25)21(11-27-24)16-6-7-20-17(8-16)10-28-26(20)35/h3-9,11,14-15,22-23H,10,12-13H2,1-2H3,(H,27,31)(H,28,35)/t22-,23?/m1/s1. The van der Waals surface area contributed by atoms with Crippen molar-refractivity contribution in [2.45, 2.75) is 38.5 Å². The van der Waals surface area contributed by atoms with Crippen LogP contribution in [0, 0.1) is 0 Å². The molecule has 176 valence electrons. The number of nitrogens with zero attached hydrogens (tertiary/aromatic N) is 6. The number of piperazine rings is 1. The van der Waals surface area contributed by atoms with E-state index in [-0.39, 0.29) is 5.91 Å². The van der Waals surface area contributed by atoms with E-state index >= 15 is 0 Å². The van der Waals surface area contributed by atoms with Crippen molar-refractivity contribution < 1.29 is 4.79 Å². The molecule has 0 spiro atoms. The van der Waals surface area contributed by atoms with Crippen molar-refractivity contribution in [3.8, 4) is 11.3 Å². The van der Waals surface area contributed by atoms with E-state index < -0.39 is 0 Å². The Morgan fingerprint density at radius 2 is 2.00 bits per heavy atom. The lowest BCUT2D eigenvalue weighted by Crippen LogP contribution is -2.80. The van der Waals surface area contributed by atoms with Gasteiger partial charge in [0.05, 0.1) is 17.9 Å². The predicted octanol–water partition coefficient (Wildman–Crippen LogP) is 3.06. The number of rotatable bonds is 5. The van der Waals surface area contributed by atoms with Gasteiger partial charge in [-0.3, -0.25) is 9.69 Å². The Balaban J connectivity index is 1.15. The normalized spacial score (nSPS) is 20.9. The van der Waals surface area contributed by atoms with E-state index in [0.717, 1.165) is 41.2 Å². The van der Waals surface area contributed by atoms with Gasteiger partial charge in [0.15, 0.2) is 11.5 Å². The Labute approximate surface area is 202 Å². The van der Waals surface area contributed by atoms with E-state index in [9.17, 15) is 4.79 Å². The van der Waals surface area contributed by atoms with Crippen molar-refractivity contribution in [3.63, 3.8) is 0 Å². The molecule has 1 unspecified atom stereocenters. The quantitative estimate of drug-likeness (QED) is 0.467. The molecular weight excluding hydrogens is 440 g/mol. The van der Waals surface area contributed by atoms with E-state index in [0.29, 0.717) is 36.1 Å². The molecule has 3 aliphatic rings. The number of hydrogen-bond donors (Lipinski definition) is 2. The van der Waals surface area contributed by atoms with Gasteiger partial charge in [-0.25, -0.2) is 14.5 Å². The molecule has 2 aromatic carbocycles. The van der Waals surface area contributed by atoms with E-state index in [1.165, 1.54) is 12.0 Å². The molecule has 2 N–H and O–H groups in total. The minimum atomic E-state index is -0.0272. The first kappa shape index (κ1) is 20.4. The number of benzene rings is 2. The topological polar surface area (TPSA) is 90.7 Å². The van der Waals surface area contributed by atoms with Crippen LogP contribution < -0.4 is 15.5 Å². The number of nitrogens with one attached hydrogen (secondary N) is 2. The highest BCUT2D eigenvalue weighted by Gasteiger charge is 2.52. The summed E-state index contributed by atoms with van der Waals surface area (Å²) in [5, 5.41) is 10.8. The lowest BCUT2D eigenvalue weighted by Gasteiger charge is -2.64. The maximum atomic E-state index is 11.9. The summed E-state index contributed by atoms with van der Waals surface area (Å²) in [7, 11) is 0. The highest BCUT2D eigenvalue weighted by molar-refractivity contribution is 5.98. The zero-order valence-corrected chi connectivity index (χ0v) is 19.6. The van der Waals surface area contributed by atoms with Crippen LogP contribution in [-0.4, -0.2) is 61.6 Å². The van der Waals surface area contributed by atoms with Gasteiger partial charge in [-0.15, -0.1) is 0 Å². The van der Waals surface area contributed by atoms with Crippen LogP contribution in [0.15, 0.2) is 55.0 Å². The molecule has 7 rings (SSSR count). The Morgan fingerprint density at radius 1 is 1.09 bits per heavy atom. The number of likely N-dealkylation sites (tertiary alicyclic amines) is 1. The van der Waals surface area contributed by atoms with Crippen LogP contribution in [0.5, 0.6) is 0 Å². The number of hydrogen-bond acceptors (Lipinski definition) is 7. The molecule has 1 amide bonds. The maximum Gasteiger partial charge on any atom is 0.251 e. The highest BCUT2D eigenvalue weighted by atomic mass is 16.1. The van der Waals surface area contributed by atoms with Crippen LogP contribution in [0.1, 0.15) is 29.8 Å². The van der Waals surface area contributed by atoms with Gasteiger partial charge in [-0.1, -0.05) is 12.1 Å². The fourth-order valence-electron chi connectivity index (χ4n) is 5.57. The lowest BCUT2D eigenvalue weighted by atomic mass is 9.83. The van der Waals surface area contributed by atoms with Gasteiger partial charge in [0.2, 0.25) is 0 Å². The summed E-state index contributed by atoms with van der Waals surface area (Å²) in [6, 6.07) is 16.2. The largest absolute Gasteiger partial charge is 0.364 e. The summed E-state index contributed by atoms with van der Waals surface area (Å²) in [6.07, 6.45) is 3.34. The zero-order valence-electron chi connectivity index (χ0n) is 19.6. The molecule has 0 radical (unpaired) electrons. The molecule has 3 aliphatic heterocycles. The van der Waals surface area contributed by atoms with Gasteiger partial charge < -0.3 is 15.5 Å². The molecule has 0 bridgehead atoms. The second-order valence-electron chi connectivity index (χ2n) is 9.80. The molecule has 0 saturated carbocycles. The van der Waals surface area contributed by atoms with E-state index in [1.807, 2.05) is 18.2 Å². The van der Waals surface area contributed by atoms with Gasteiger partial charge in [0, 0.05) is 54.2 Å². The third kappa shape index (κ3) is 3.11. The maximum absolute atomic E-state index is 11.9. The molecule has 2 atom stereocenters. The molecule has 2 saturated heterocycles. The van der Waals surface area contributed by atoms with Gasteiger partial charge in [-0.2, -0.15) is 5.10 Å². The van der Waals surface area contributed by atoms with Crippen LogP contribution in [-0.2, 0) is 6.54 Å². The average Bonchev–Trinajstić information content (AvgIpc) is 3.48. The number of carbonyl (C=O) groups excluding carboxylic acids is 1. The van der Waals surface area contributed by atoms with Crippen LogP contribution in [0.4, 0.5) is 17.2 Å². The molecular formula is C26H26N8O. The molecule has 5 heterocycles. The predicted molar refractivity (Wildman–Crippen MR) is 134 cm³/mol.